The van der Waals surface area contributed by atoms with E-state index in [9.17, 15) is 0 Å². The third kappa shape index (κ3) is 9.05. The van der Waals surface area contributed by atoms with Gasteiger partial charge in [0.05, 0.1) is 13.2 Å². The fraction of sp³-hybridized carbons (Fsp3) is 0.409. The van der Waals surface area contributed by atoms with Crippen molar-refractivity contribution in [3.63, 3.8) is 0 Å². The molecule has 1 fully saturated rings. The number of halogens is 1. The summed E-state index contributed by atoms with van der Waals surface area (Å²) in [7, 11) is 0. The summed E-state index contributed by atoms with van der Waals surface area (Å²) >= 11 is 5.61. The average Bonchev–Trinajstić information content (AvgIpc) is 2.74. The Kier molecular flexibility index (Phi) is 9.91. The summed E-state index contributed by atoms with van der Waals surface area (Å²) in [6.45, 7) is 10.5. The molecule has 2 heterocycles. The van der Waals surface area contributed by atoms with Crippen LogP contribution in [0.2, 0.25) is 5.02 Å². The zero-order valence-electron chi connectivity index (χ0n) is 16.3. The summed E-state index contributed by atoms with van der Waals surface area (Å²) in [4.78, 5) is 5.40. The van der Waals surface area contributed by atoms with Crippen molar-refractivity contribution < 1.29 is 14.5 Å². The van der Waals surface area contributed by atoms with Gasteiger partial charge in [-0.3, -0.25) is 0 Å². The molecule has 0 radical (unpaired) electrons. The SMILES string of the molecule is C1=[NH+]CCOC1.Cc1ccc(Cl)cc1.Cc1ccc(N2CCOCC2)cc1. The van der Waals surface area contributed by atoms with E-state index in [2.05, 4.69) is 41.1 Å². The molecule has 0 amide bonds. The third-order valence-corrected chi connectivity index (χ3v) is 4.41. The molecule has 0 atom stereocenters. The highest BCUT2D eigenvalue weighted by atomic mass is 35.5. The van der Waals surface area contributed by atoms with Crippen LogP contribution in [0.4, 0.5) is 5.69 Å². The number of nitrogens with zero attached hydrogens (tertiary/aromatic N) is 1. The van der Waals surface area contributed by atoms with E-state index in [4.69, 9.17) is 21.1 Å². The Morgan fingerprint density at radius 3 is 1.81 bits per heavy atom. The second-order valence-corrected chi connectivity index (χ2v) is 6.90. The molecular weight excluding hydrogens is 360 g/mol. The highest BCUT2D eigenvalue weighted by Crippen LogP contribution is 2.15. The van der Waals surface area contributed by atoms with Gasteiger partial charge in [-0.2, -0.15) is 0 Å². The van der Waals surface area contributed by atoms with Gasteiger partial charge in [0.2, 0.25) is 0 Å². The number of rotatable bonds is 1. The number of aryl methyl sites for hydroxylation is 2. The predicted octanol–water partition coefficient (Wildman–Crippen LogP) is 2.65. The summed E-state index contributed by atoms with van der Waals surface area (Å²) in [5, 5.41) is 0.801. The minimum absolute atomic E-state index is 0.764. The van der Waals surface area contributed by atoms with Crippen LogP contribution in [-0.2, 0) is 9.47 Å². The molecule has 2 aliphatic heterocycles. The van der Waals surface area contributed by atoms with Crippen LogP contribution < -0.4 is 9.89 Å². The molecule has 5 heteroatoms. The molecule has 0 saturated carbocycles. The van der Waals surface area contributed by atoms with Gasteiger partial charge in [0.15, 0.2) is 12.8 Å². The lowest BCUT2D eigenvalue weighted by molar-refractivity contribution is -0.466. The first-order valence-electron chi connectivity index (χ1n) is 9.39. The highest BCUT2D eigenvalue weighted by Gasteiger charge is 2.09. The molecule has 4 rings (SSSR count). The quantitative estimate of drug-likeness (QED) is 0.814. The lowest BCUT2D eigenvalue weighted by Gasteiger charge is -2.28. The minimum Gasteiger partial charge on any atom is -0.378 e. The van der Waals surface area contributed by atoms with Gasteiger partial charge < -0.3 is 14.4 Å². The standard InChI is InChI=1S/C11H15NO.C7H7Cl.C4H7NO/c1-10-2-4-11(5-3-10)12-6-8-13-9-7-12;1-6-2-4-7(8)5-3-6;1-3-6-4-2-5-1/h2-5H,6-9H2,1H3;2-5H,1H3;1H,2-4H2/p+1. The predicted molar refractivity (Wildman–Crippen MR) is 113 cm³/mol. The molecule has 2 aromatic carbocycles. The van der Waals surface area contributed by atoms with E-state index < -0.39 is 0 Å². The average molecular weight is 390 g/mol. The maximum Gasteiger partial charge on any atom is 0.164 e. The molecule has 0 bridgehead atoms. The van der Waals surface area contributed by atoms with Gasteiger partial charge in [0.25, 0.3) is 0 Å². The molecule has 146 valence electrons. The van der Waals surface area contributed by atoms with Crippen molar-refractivity contribution in [1.82, 2.24) is 0 Å². The first-order chi connectivity index (χ1) is 13.1. The Balaban J connectivity index is 0.000000159. The second kappa shape index (κ2) is 12.5. The lowest BCUT2D eigenvalue weighted by atomic mass is 10.2. The Morgan fingerprint density at radius 2 is 1.41 bits per heavy atom. The first-order valence-corrected chi connectivity index (χ1v) is 9.77. The van der Waals surface area contributed by atoms with Gasteiger partial charge in [-0.25, -0.2) is 4.99 Å². The summed E-state index contributed by atoms with van der Waals surface area (Å²) in [6, 6.07) is 16.4. The summed E-state index contributed by atoms with van der Waals surface area (Å²) < 4.78 is 10.3. The largest absolute Gasteiger partial charge is 0.378 e. The summed E-state index contributed by atoms with van der Waals surface area (Å²) in [5.41, 5.74) is 3.88. The van der Waals surface area contributed by atoms with Gasteiger partial charge in [-0.15, -0.1) is 0 Å². The maximum atomic E-state index is 5.61. The highest BCUT2D eigenvalue weighted by molar-refractivity contribution is 6.30. The topological polar surface area (TPSA) is 35.7 Å². The number of nitrogens with one attached hydrogen (secondary N) is 1. The van der Waals surface area contributed by atoms with Gasteiger partial charge in [-0.1, -0.05) is 47.0 Å². The molecule has 1 N–H and O–H groups in total. The van der Waals surface area contributed by atoms with Crippen molar-refractivity contribution in [2.75, 3.05) is 51.0 Å². The molecule has 27 heavy (non-hydrogen) atoms. The van der Waals surface area contributed by atoms with E-state index in [0.717, 1.165) is 51.1 Å². The van der Waals surface area contributed by atoms with Crippen molar-refractivity contribution in [2.24, 2.45) is 0 Å². The maximum absolute atomic E-state index is 5.61. The van der Waals surface area contributed by atoms with E-state index in [1.165, 1.54) is 16.8 Å². The smallest absolute Gasteiger partial charge is 0.164 e. The number of benzene rings is 2. The van der Waals surface area contributed by atoms with Gasteiger partial charge in [0.1, 0.15) is 13.2 Å². The molecule has 0 unspecified atom stereocenters. The van der Waals surface area contributed by atoms with E-state index in [0.29, 0.717) is 0 Å². The molecular formula is C22H30ClN2O2+. The van der Waals surface area contributed by atoms with Crippen molar-refractivity contribution in [2.45, 2.75) is 13.8 Å². The molecule has 2 aliphatic rings. The van der Waals surface area contributed by atoms with Crippen molar-refractivity contribution in [3.8, 4) is 0 Å². The van der Waals surface area contributed by atoms with E-state index in [1.807, 2.05) is 37.4 Å². The fourth-order valence-electron chi connectivity index (χ4n) is 2.54. The van der Waals surface area contributed by atoms with Crippen molar-refractivity contribution in [1.29, 1.82) is 0 Å². The van der Waals surface area contributed by atoms with E-state index in [1.54, 1.807) is 0 Å². The Labute approximate surface area is 167 Å². The van der Waals surface area contributed by atoms with Crippen LogP contribution in [0.15, 0.2) is 48.5 Å². The molecule has 0 aliphatic carbocycles. The zero-order chi connectivity index (χ0) is 19.3. The van der Waals surface area contributed by atoms with Gasteiger partial charge in [0, 0.05) is 23.8 Å². The Morgan fingerprint density at radius 1 is 0.815 bits per heavy atom. The zero-order valence-corrected chi connectivity index (χ0v) is 17.0. The summed E-state index contributed by atoms with van der Waals surface area (Å²) in [5.74, 6) is 0. The van der Waals surface area contributed by atoms with Crippen LogP contribution >= 0.6 is 11.6 Å². The fourth-order valence-corrected chi connectivity index (χ4v) is 2.67. The third-order valence-electron chi connectivity index (χ3n) is 4.16. The number of hydrogen-bond acceptors (Lipinski definition) is 3. The molecule has 0 aromatic heterocycles. The molecule has 1 saturated heterocycles. The van der Waals surface area contributed by atoms with Crippen LogP contribution in [0.3, 0.4) is 0 Å². The van der Waals surface area contributed by atoms with E-state index in [-0.39, 0.29) is 0 Å². The van der Waals surface area contributed by atoms with Crippen LogP contribution in [0.25, 0.3) is 0 Å². The lowest BCUT2D eigenvalue weighted by Crippen LogP contribution is -2.72. The number of morpholine rings is 1. The Bertz CT molecular complexity index is 637. The van der Waals surface area contributed by atoms with Crippen LogP contribution in [0.1, 0.15) is 11.1 Å². The molecule has 2 aromatic rings. The van der Waals surface area contributed by atoms with Crippen LogP contribution in [0, 0.1) is 13.8 Å². The molecule has 0 spiro atoms. The summed E-state index contributed by atoms with van der Waals surface area (Å²) in [6.07, 6.45) is 1.92. The molecule has 4 nitrogen and oxygen atoms in total. The minimum atomic E-state index is 0.764. The van der Waals surface area contributed by atoms with Gasteiger partial charge >= 0.3 is 0 Å². The van der Waals surface area contributed by atoms with Crippen LogP contribution in [0.5, 0.6) is 0 Å². The van der Waals surface area contributed by atoms with E-state index >= 15 is 0 Å². The number of ether oxygens (including phenoxy) is 2. The normalized spacial score (nSPS) is 15.9. The Hall–Kier alpha value is -1.88. The van der Waals surface area contributed by atoms with Crippen molar-refractivity contribution >= 4 is 23.5 Å². The number of anilines is 1. The monoisotopic (exact) mass is 389 g/mol. The van der Waals surface area contributed by atoms with Gasteiger partial charge in [-0.05, 0) is 38.1 Å². The number of hydrogen-bond donors (Lipinski definition) is 1. The van der Waals surface area contributed by atoms with Crippen molar-refractivity contribution in [3.05, 3.63) is 64.7 Å². The first kappa shape index (κ1) is 21.4. The second-order valence-electron chi connectivity index (χ2n) is 6.46. The van der Waals surface area contributed by atoms with Crippen LogP contribution in [-0.4, -0.2) is 52.3 Å².